The van der Waals surface area contributed by atoms with Gasteiger partial charge in [-0.1, -0.05) is 0 Å². The number of tetrazole rings is 1. The lowest BCUT2D eigenvalue weighted by atomic mass is 10.1. The van der Waals surface area contributed by atoms with Crippen molar-refractivity contribution in [3.05, 3.63) is 18.4 Å². The lowest BCUT2D eigenvalue weighted by Gasteiger charge is -2.29. The van der Waals surface area contributed by atoms with Gasteiger partial charge in [0.15, 0.2) is 5.76 Å². The summed E-state index contributed by atoms with van der Waals surface area (Å²) in [6.07, 6.45) is 2.65. The van der Waals surface area contributed by atoms with Gasteiger partial charge in [0.1, 0.15) is 6.54 Å². The molecule has 2 aromatic rings. The van der Waals surface area contributed by atoms with Gasteiger partial charge in [0, 0.05) is 13.1 Å². The zero-order valence-electron chi connectivity index (χ0n) is 10.8. The molecular formula is C12H15N5O3. The second kappa shape index (κ2) is 5.41. The maximum Gasteiger partial charge on any atom is 0.246 e. The summed E-state index contributed by atoms with van der Waals surface area (Å²) < 4.78 is 5.16. The van der Waals surface area contributed by atoms with Crippen molar-refractivity contribution in [2.24, 2.45) is 0 Å². The standard InChI is InChI=1S/C12H15N5O3/c18-9-3-1-5-16(7-9)11(19)8-17-14-12(13-15-17)10-4-2-6-20-10/h2,4,6,9,18H,1,3,5,7-8H2/t9-/m0/s1. The molecule has 20 heavy (non-hydrogen) atoms. The average molecular weight is 277 g/mol. The Hall–Kier alpha value is -2.22. The summed E-state index contributed by atoms with van der Waals surface area (Å²) in [5.41, 5.74) is 0. The van der Waals surface area contributed by atoms with Crippen LogP contribution >= 0.6 is 0 Å². The summed E-state index contributed by atoms with van der Waals surface area (Å²) in [4.78, 5) is 14.9. The molecule has 0 bridgehead atoms. The van der Waals surface area contributed by atoms with Crippen LogP contribution in [0.2, 0.25) is 0 Å². The summed E-state index contributed by atoms with van der Waals surface area (Å²) in [7, 11) is 0. The molecule has 1 saturated heterocycles. The van der Waals surface area contributed by atoms with Gasteiger partial charge >= 0.3 is 0 Å². The van der Waals surface area contributed by atoms with Crippen molar-refractivity contribution in [2.45, 2.75) is 25.5 Å². The molecule has 3 heterocycles. The monoisotopic (exact) mass is 277 g/mol. The number of amides is 1. The van der Waals surface area contributed by atoms with Crippen molar-refractivity contribution in [3.8, 4) is 11.6 Å². The Bertz CT molecular complexity index is 580. The number of piperidine rings is 1. The topological polar surface area (TPSA) is 97.3 Å². The van der Waals surface area contributed by atoms with Crippen molar-refractivity contribution in [2.75, 3.05) is 13.1 Å². The molecule has 0 saturated carbocycles. The first-order valence-corrected chi connectivity index (χ1v) is 6.50. The SMILES string of the molecule is O=C(Cn1nnc(-c2ccco2)n1)N1CCC[C@H](O)C1. The second-order valence-electron chi connectivity index (χ2n) is 4.76. The molecule has 0 aliphatic carbocycles. The number of hydrogen-bond donors (Lipinski definition) is 1. The first-order chi connectivity index (χ1) is 9.72. The van der Waals surface area contributed by atoms with Gasteiger partial charge in [0.05, 0.1) is 12.4 Å². The van der Waals surface area contributed by atoms with Gasteiger partial charge < -0.3 is 14.4 Å². The van der Waals surface area contributed by atoms with Gasteiger partial charge in [0.2, 0.25) is 11.7 Å². The van der Waals surface area contributed by atoms with E-state index in [4.69, 9.17) is 4.42 Å². The van der Waals surface area contributed by atoms with Gasteiger partial charge in [-0.15, -0.1) is 10.2 Å². The molecule has 0 spiro atoms. The number of aliphatic hydroxyl groups is 1. The Balaban J connectivity index is 1.64. The summed E-state index contributed by atoms with van der Waals surface area (Å²) in [6, 6.07) is 3.46. The predicted molar refractivity (Wildman–Crippen MR) is 67.3 cm³/mol. The summed E-state index contributed by atoms with van der Waals surface area (Å²) >= 11 is 0. The van der Waals surface area contributed by atoms with Crippen LogP contribution in [-0.4, -0.2) is 55.3 Å². The maximum atomic E-state index is 12.1. The molecule has 0 unspecified atom stereocenters. The first-order valence-electron chi connectivity index (χ1n) is 6.50. The van der Waals surface area contributed by atoms with Crippen LogP contribution in [0.25, 0.3) is 11.6 Å². The molecule has 106 valence electrons. The van der Waals surface area contributed by atoms with Crippen molar-refractivity contribution in [1.82, 2.24) is 25.1 Å². The minimum Gasteiger partial charge on any atom is -0.461 e. The number of rotatable bonds is 3. The number of furan rings is 1. The van der Waals surface area contributed by atoms with Crippen LogP contribution in [0.1, 0.15) is 12.8 Å². The molecule has 1 amide bonds. The van der Waals surface area contributed by atoms with Crippen LogP contribution in [0.3, 0.4) is 0 Å². The Morgan fingerprint density at radius 1 is 1.55 bits per heavy atom. The molecule has 8 nitrogen and oxygen atoms in total. The van der Waals surface area contributed by atoms with Gasteiger partial charge in [-0.05, 0) is 30.2 Å². The zero-order chi connectivity index (χ0) is 13.9. The third-order valence-corrected chi connectivity index (χ3v) is 3.22. The molecular weight excluding hydrogens is 262 g/mol. The molecule has 1 aliphatic heterocycles. The number of aliphatic hydroxyl groups excluding tert-OH is 1. The van der Waals surface area contributed by atoms with E-state index < -0.39 is 6.10 Å². The fourth-order valence-corrected chi connectivity index (χ4v) is 2.22. The molecule has 3 rings (SSSR count). The molecule has 1 fully saturated rings. The number of β-amino-alcohol motifs (C(OH)–C–C–N with tert-alkyl or cyclic N) is 1. The number of carbonyl (C=O) groups excluding carboxylic acids is 1. The second-order valence-corrected chi connectivity index (χ2v) is 4.76. The van der Waals surface area contributed by atoms with Gasteiger partial charge in [-0.2, -0.15) is 4.80 Å². The number of likely N-dealkylation sites (tertiary alicyclic amines) is 1. The Kier molecular flexibility index (Phi) is 3.46. The number of carbonyl (C=O) groups is 1. The Morgan fingerprint density at radius 3 is 3.20 bits per heavy atom. The minimum absolute atomic E-state index is 0.0143. The van der Waals surface area contributed by atoms with Crippen molar-refractivity contribution < 1.29 is 14.3 Å². The smallest absolute Gasteiger partial charge is 0.246 e. The number of nitrogens with zero attached hydrogens (tertiary/aromatic N) is 5. The fraction of sp³-hybridized carbons (Fsp3) is 0.500. The van der Waals surface area contributed by atoms with E-state index in [-0.39, 0.29) is 12.5 Å². The first kappa shape index (κ1) is 12.8. The fourth-order valence-electron chi connectivity index (χ4n) is 2.22. The van der Waals surface area contributed by atoms with Crippen LogP contribution in [-0.2, 0) is 11.3 Å². The highest BCUT2D eigenvalue weighted by Crippen LogP contribution is 2.13. The highest BCUT2D eigenvalue weighted by molar-refractivity contribution is 5.75. The lowest BCUT2D eigenvalue weighted by Crippen LogP contribution is -2.43. The molecule has 1 aliphatic rings. The summed E-state index contributed by atoms with van der Waals surface area (Å²) in [5.74, 6) is 0.741. The van der Waals surface area contributed by atoms with Crippen molar-refractivity contribution in [3.63, 3.8) is 0 Å². The van der Waals surface area contributed by atoms with E-state index in [1.165, 1.54) is 11.1 Å². The van der Waals surface area contributed by atoms with Crippen molar-refractivity contribution in [1.29, 1.82) is 0 Å². The zero-order valence-corrected chi connectivity index (χ0v) is 10.8. The van der Waals surface area contributed by atoms with E-state index in [1.54, 1.807) is 17.0 Å². The average Bonchev–Trinajstić information content (AvgIpc) is 3.08. The van der Waals surface area contributed by atoms with Crippen LogP contribution in [0.5, 0.6) is 0 Å². The van der Waals surface area contributed by atoms with Gasteiger partial charge in [-0.25, -0.2) is 0 Å². The number of hydrogen-bond acceptors (Lipinski definition) is 6. The van der Waals surface area contributed by atoms with Crippen LogP contribution in [0.15, 0.2) is 22.8 Å². The molecule has 0 radical (unpaired) electrons. The van der Waals surface area contributed by atoms with Crippen LogP contribution < -0.4 is 0 Å². The third kappa shape index (κ3) is 2.69. The highest BCUT2D eigenvalue weighted by Gasteiger charge is 2.23. The van der Waals surface area contributed by atoms with Crippen molar-refractivity contribution >= 4 is 5.91 Å². The quantitative estimate of drug-likeness (QED) is 0.842. The van der Waals surface area contributed by atoms with Gasteiger partial charge in [0.25, 0.3) is 0 Å². The predicted octanol–water partition coefficient (Wildman–Crippen LogP) is -0.0836. The summed E-state index contributed by atoms with van der Waals surface area (Å²) in [6.45, 7) is 1.05. The molecule has 1 atom stereocenters. The van der Waals surface area contributed by atoms with E-state index in [9.17, 15) is 9.90 Å². The van der Waals surface area contributed by atoms with Gasteiger partial charge in [-0.3, -0.25) is 4.79 Å². The van der Waals surface area contributed by atoms with E-state index in [2.05, 4.69) is 15.4 Å². The maximum absolute atomic E-state index is 12.1. The molecule has 1 N–H and O–H groups in total. The molecule has 0 aromatic carbocycles. The van der Waals surface area contributed by atoms with Crippen LogP contribution in [0.4, 0.5) is 0 Å². The Labute approximate surface area is 115 Å². The lowest BCUT2D eigenvalue weighted by molar-refractivity contribution is -0.135. The minimum atomic E-state index is -0.435. The third-order valence-electron chi connectivity index (χ3n) is 3.22. The van der Waals surface area contributed by atoms with E-state index >= 15 is 0 Å². The normalized spacial score (nSPS) is 19.2. The number of aromatic nitrogens is 4. The molecule has 8 heteroatoms. The Morgan fingerprint density at radius 2 is 2.45 bits per heavy atom. The van der Waals surface area contributed by atoms with E-state index in [0.29, 0.717) is 24.7 Å². The van der Waals surface area contributed by atoms with E-state index in [0.717, 1.165) is 12.8 Å². The van der Waals surface area contributed by atoms with Crippen LogP contribution in [0, 0.1) is 0 Å². The largest absolute Gasteiger partial charge is 0.461 e. The van der Waals surface area contributed by atoms with E-state index in [1.807, 2.05) is 0 Å². The molecule has 2 aromatic heterocycles. The summed E-state index contributed by atoms with van der Waals surface area (Å²) in [5, 5.41) is 21.3. The highest BCUT2D eigenvalue weighted by atomic mass is 16.3.